The molecule has 2 atom stereocenters. The Labute approximate surface area is 180 Å². The number of carbonyl (C=O) groups excluding carboxylic acids is 2. The molecule has 0 saturated carbocycles. The number of Topliss-reactive ketones (excluding diaryl/α,β-unsaturated/α-hetero) is 2. The van der Waals surface area contributed by atoms with E-state index in [0.29, 0.717) is 26.1 Å². The topological polar surface area (TPSA) is 78.6 Å². The van der Waals surface area contributed by atoms with Crippen LogP contribution in [0, 0.1) is 5.92 Å². The van der Waals surface area contributed by atoms with Crippen molar-refractivity contribution in [2.75, 3.05) is 27.4 Å². The van der Waals surface area contributed by atoms with Gasteiger partial charge in [-0.2, -0.15) is 0 Å². The molecule has 5 heteroatoms. The molecule has 0 aliphatic heterocycles. The van der Waals surface area contributed by atoms with Crippen LogP contribution in [0.1, 0.15) is 30.9 Å². The van der Waals surface area contributed by atoms with Crippen LogP contribution in [0.4, 0.5) is 0 Å². The van der Waals surface area contributed by atoms with Crippen molar-refractivity contribution in [1.82, 2.24) is 0 Å². The van der Waals surface area contributed by atoms with Crippen molar-refractivity contribution in [3.63, 3.8) is 0 Å². The maximum atomic E-state index is 11.6. The highest BCUT2D eigenvalue weighted by molar-refractivity contribution is 5.84. The third-order valence-corrected chi connectivity index (χ3v) is 4.73. The lowest BCUT2D eigenvalue weighted by molar-refractivity contribution is -0.124. The van der Waals surface area contributed by atoms with Crippen LogP contribution in [-0.2, 0) is 31.9 Å². The molecule has 5 nitrogen and oxygen atoms in total. The molecular weight excluding hydrogens is 378 g/mol. The number of nitrogens with two attached hydrogens (primary N) is 1. The third-order valence-electron chi connectivity index (χ3n) is 4.73. The molecule has 0 spiro atoms. The minimum atomic E-state index is -0.487. The number of ether oxygens (including phenoxy) is 2. The zero-order valence-corrected chi connectivity index (χ0v) is 18.4. The Bertz CT molecular complexity index is 655. The van der Waals surface area contributed by atoms with Gasteiger partial charge in [-0.25, -0.2) is 0 Å². The van der Waals surface area contributed by atoms with Crippen LogP contribution in [0.15, 0.2) is 60.7 Å². The zero-order chi connectivity index (χ0) is 22.2. The summed E-state index contributed by atoms with van der Waals surface area (Å²) in [6.07, 6.45) is 2.66. The molecule has 0 unspecified atom stereocenters. The first-order valence-electron chi connectivity index (χ1n) is 10.3. The molecule has 0 fully saturated rings. The lowest BCUT2D eigenvalue weighted by atomic mass is 10.0. The van der Waals surface area contributed by atoms with Gasteiger partial charge < -0.3 is 15.2 Å². The van der Waals surface area contributed by atoms with E-state index in [9.17, 15) is 9.59 Å². The Morgan fingerprint density at radius 1 is 0.767 bits per heavy atom. The summed E-state index contributed by atoms with van der Waals surface area (Å²) in [7, 11) is 3.17. The van der Waals surface area contributed by atoms with Crippen LogP contribution in [0.3, 0.4) is 0 Å². The molecule has 0 bridgehead atoms. The van der Waals surface area contributed by atoms with E-state index >= 15 is 0 Å². The van der Waals surface area contributed by atoms with Crippen LogP contribution in [0.25, 0.3) is 0 Å². The number of rotatable bonds is 12. The van der Waals surface area contributed by atoms with E-state index in [1.165, 1.54) is 5.56 Å². The molecule has 30 heavy (non-hydrogen) atoms. The van der Waals surface area contributed by atoms with Gasteiger partial charge in [0.05, 0.1) is 19.3 Å². The first-order chi connectivity index (χ1) is 14.5. The first kappa shape index (κ1) is 25.7. The Kier molecular flexibility index (Phi) is 13.3. The second-order valence-electron chi connectivity index (χ2n) is 7.32. The molecule has 2 aromatic carbocycles. The standard InChI is InChI=1S/C13H18O2.C12H17NO2/c1-11(10-15-2)13(14)9-8-12-6-4-3-5-7-12;1-15-9-11(13)12(14)8-7-10-5-3-2-4-6-10/h3-7,11H,8-10H2,1-2H3;2-6,11H,7-9,13H2,1H3/t2*11-/m11/s1. The van der Waals surface area contributed by atoms with Crippen LogP contribution >= 0.6 is 0 Å². The van der Waals surface area contributed by atoms with Crippen molar-refractivity contribution >= 4 is 11.6 Å². The molecule has 0 heterocycles. The third kappa shape index (κ3) is 11.0. The fourth-order valence-corrected chi connectivity index (χ4v) is 2.87. The molecule has 0 aliphatic carbocycles. The van der Waals surface area contributed by atoms with Crippen molar-refractivity contribution in [1.29, 1.82) is 0 Å². The van der Waals surface area contributed by atoms with Gasteiger partial charge in [0.1, 0.15) is 5.78 Å². The summed E-state index contributed by atoms with van der Waals surface area (Å²) in [6.45, 7) is 2.73. The first-order valence-corrected chi connectivity index (χ1v) is 10.3. The molecule has 2 N–H and O–H groups in total. The summed E-state index contributed by atoms with van der Waals surface area (Å²) in [4.78, 5) is 23.1. The van der Waals surface area contributed by atoms with Gasteiger partial charge >= 0.3 is 0 Å². The lowest BCUT2D eigenvalue weighted by Gasteiger charge is -2.08. The number of carbonyl (C=O) groups is 2. The Hall–Kier alpha value is -2.34. The number of hydrogen-bond acceptors (Lipinski definition) is 5. The highest BCUT2D eigenvalue weighted by Gasteiger charge is 2.13. The van der Waals surface area contributed by atoms with Gasteiger partial charge in [-0.15, -0.1) is 0 Å². The van der Waals surface area contributed by atoms with Gasteiger partial charge in [0.25, 0.3) is 0 Å². The van der Waals surface area contributed by atoms with Gasteiger partial charge in [-0.3, -0.25) is 9.59 Å². The molecular formula is C25H35NO4. The molecule has 2 rings (SSSR count). The van der Waals surface area contributed by atoms with Gasteiger partial charge in [0, 0.05) is 33.0 Å². The monoisotopic (exact) mass is 413 g/mol. The Morgan fingerprint density at radius 2 is 1.20 bits per heavy atom. The van der Waals surface area contributed by atoms with Crippen LogP contribution in [0.2, 0.25) is 0 Å². The summed E-state index contributed by atoms with van der Waals surface area (Å²) in [5, 5.41) is 0. The van der Waals surface area contributed by atoms with Crippen LogP contribution in [0.5, 0.6) is 0 Å². The average molecular weight is 414 g/mol. The normalized spacial score (nSPS) is 12.4. The van der Waals surface area contributed by atoms with E-state index < -0.39 is 6.04 Å². The molecule has 0 saturated heterocycles. The van der Waals surface area contributed by atoms with E-state index in [2.05, 4.69) is 0 Å². The van der Waals surface area contributed by atoms with Gasteiger partial charge in [-0.05, 0) is 24.0 Å². The number of hydrogen-bond donors (Lipinski definition) is 1. The predicted octanol–water partition coefficient (Wildman–Crippen LogP) is 3.63. The number of aryl methyl sites for hydroxylation is 2. The highest BCUT2D eigenvalue weighted by atomic mass is 16.5. The number of benzene rings is 2. The maximum Gasteiger partial charge on any atom is 0.152 e. The molecule has 0 aromatic heterocycles. The summed E-state index contributed by atoms with van der Waals surface area (Å²) in [5.74, 6) is 0.347. The minimum absolute atomic E-state index is 0.0127. The van der Waals surface area contributed by atoms with Crippen LogP contribution < -0.4 is 5.73 Å². The Balaban J connectivity index is 0.000000300. The molecule has 0 amide bonds. The summed E-state index contributed by atoms with van der Waals surface area (Å²) >= 11 is 0. The van der Waals surface area contributed by atoms with Crippen molar-refractivity contribution < 1.29 is 19.1 Å². The van der Waals surface area contributed by atoms with Crippen LogP contribution in [-0.4, -0.2) is 45.0 Å². The predicted molar refractivity (Wildman–Crippen MR) is 120 cm³/mol. The second kappa shape index (κ2) is 15.5. The van der Waals surface area contributed by atoms with E-state index in [1.54, 1.807) is 14.2 Å². The number of ketones is 2. The Morgan fingerprint density at radius 3 is 1.63 bits per heavy atom. The van der Waals surface area contributed by atoms with Crippen molar-refractivity contribution in [2.24, 2.45) is 11.7 Å². The average Bonchev–Trinajstić information content (AvgIpc) is 2.78. The number of methoxy groups -OCH3 is 2. The fraction of sp³-hybridized carbons (Fsp3) is 0.440. The summed E-state index contributed by atoms with van der Waals surface area (Å²) in [6, 6.07) is 19.5. The van der Waals surface area contributed by atoms with E-state index in [-0.39, 0.29) is 17.5 Å². The summed E-state index contributed by atoms with van der Waals surface area (Å²) < 4.78 is 9.79. The molecule has 2 aromatic rings. The zero-order valence-electron chi connectivity index (χ0n) is 18.4. The molecule has 0 radical (unpaired) electrons. The highest BCUT2D eigenvalue weighted by Crippen LogP contribution is 2.07. The van der Waals surface area contributed by atoms with Crippen molar-refractivity contribution in [3.05, 3.63) is 71.8 Å². The largest absolute Gasteiger partial charge is 0.384 e. The quantitative estimate of drug-likeness (QED) is 0.575. The van der Waals surface area contributed by atoms with E-state index in [4.69, 9.17) is 15.2 Å². The maximum absolute atomic E-state index is 11.6. The summed E-state index contributed by atoms with van der Waals surface area (Å²) in [5.41, 5.74) is 8.00. The van der Waals surface area contributed by atoms with E-state index in [1.807, 2.05) is 67.6 Å². The van der Waals surface area contributed by atoms with Crippen molar-refractivity contribution in [3.8, 4) is 0 Å². The smallest absolute Gasteiger partial charge is 0.152 e. The van der Waals surface area contributed by atoms with Gasteiger partial charge in [0.15, 0.2) is 5.78 Å². The second-order valence-corrected chi connectivity index (χ2v) is 7.32. The van der Waals surface area contributed by atoms with Gasteiger partial charge in [-0.1, -0.05) is 67.6 Å². The fourth-order valence-electron chi connectivity index (χ4n) is 2.87. The van der Waals surface area contributed by atoms with Gasteiger partial charge in [0.2, 0.25) is 0 Å². The lowest BCUT2D eigenvalue weighted by Crippen LogP contribution is -2.34. The molecule has 0 aliphatic rings. The SMILES string of the molecule is COC[C@@H](C)C(=O)CCc1ccccc1.COC[C@@H](N)C(=O)CCc1ccccc1. The minimum Gasteiger partial charge on any atom is -0.384 e. The van der Waals surface area contributed by atoms with E-state index in [0.717, 1.165) is 18.4 Å². The van der Waals surface area contributed by atoms with Crippen molar-refractivity contribution in [2.45, 2.75) is 38.6 Å². The molecule has 164 valence electrons.